The Bertz CT molecular complexity index is 806. The third-order valence-corrected chi connectivity index (χ3v) is 5.66. The summed E-state index contributed by atoms with van der Waals surface area (Å²) in [5.41, 5.74) is 1.82. The molecule has 1 fully saturated rings. The van der Waals surface area contributed by atoms with Crippen molar-refractivity contribution in [3.8, 4) is 0 Å². The highest BCUT2D eigenvalue weighted by Gasteiger charge is 2.24. The molecular formula is C22H30N4O2. The number of nitrogens with one attached hydrogen (secondary N) is 1. The van der Waals surface area contributed by atoms with Crippen LogP contribution in [-0.4, -0.2) is 45.9 Å². The highest BCUT2D eigenvalue weighted by atomic mass is 16.2. The SMILES string of the molecule is Cc1ccccc1C(=O)N1CCC(CCC(=O)NCCn2ccnc2C)CC1. The fraction of sp³-hybridized carbons (Fsp3) is 0.500. The molecule has 28 heavy (non-hydrogen) atoms. The van der Waals surface area contributed by atoms with Gasteiger partial charge in [-0.15, -0.1) is 0 Å². The van der Waals surface area contributed by atoms with Gasteiger partial charge in [-0.3, -0.25) is 9.59 Å². The summed E-state index contributed by atoms with van der Waals surface area (Å²) >= 11 is 0. The first-order chi connectivity index (χ1) is 13.5. The second kappa shape index (κ2) is 9.53. The number of benzene rings is 1. The van der Waals surface area contributed by atoms with Crippen molar-refractivity contribution in [2.75, 3.05) is 19.6 Å². The Balaban J connectivity index is 1.35. The number of rotatable bonds is 7. The summed E-state index contributed by atoms with van der Waals surface area (Å²) in [6.45, 7) is 6.86. The average Bonchev–Trinajstić information content (AvgIpc) is 3.11. The normalized spacial score (nSPS) is 14.9. The van der Waals surface area contributed by atoms with Gasteiger partial charge >= 0.3 is 0 Å². The molecule has 2 aromatic rings. The standard InChI is InChI=1S/C22H30N4O2/c1-17-5-3-4-6-20(17)22(28)26-13-9-19(10-14-26)7-8-21(27)24-12-16-25-15-11-23-18(25)2/h3-6,11,15,19H,7-10,12-14,16H2,1-2H3,(H,24,27). The number of amides is 2. The molecule has 1 aromatic carbocycles. The van der Waals surface area contributed by atoms with Gasteiger partial charge in [0.25, 0.3) is 5.91 Å². The van der Waals surface area contributed by atoms with E-state index in [0.29, 0.717) is 18.9 Å². The maximum absolute atomic E-state index is 12.7. The first-order valence-corrected chi connectivity index (χ1v) is 10.1. The second-order valence-corrected chi connectivity index (χ2v) is 7.61. The van der Waals surface area contributed by atoms with Crippen LogP contribution in [0, 0.1) is 19.8 Å². The Morgan fingerprint density at radius 3 is 2.61 bits per heavy atom. The molecule has 0 atom stereocenters. The molecule has 0 spiro atoms. The monoisotopic (exact) mass is 382 g/mol. The Labute approximate surface area is 166 Å². The molecule has 2 amide bonds. The lowest BCUT2D eigenvalue weighted by Gasteiger charge is -2.32. The van der Waals surface area contributed by atoms with Crippen molar-refractivity contribution in [3.05, 3.63) is 53.6 Å². The van der Waals surface area contributed by atoms with Gasteiger partial charge in [-0.05, 0) is 50.7 Å². The van der Waals surface area contributed by atoms with Crippen LogP contribution >= 0.6 is 0 Å². The zero-order valence-electron chi connectivity index (χ0n) is 16.9. The molecule has 1 aromatic heterocycles. The first-order valence-electron chi connectivity index (χ1n) is 10.1. The lowest BCUT2D eigenvalue weighted by molar-refractivity contribution is -0.121. The van der Waals surface area contributed by atoms with Crippen LogP contribution < -0.4 is 5.32 Å². The van der Waals surface area contributed by atoms with E-state index in [1.54, 1.807) is 6.20 Å². The van der Waals surface area contributed by atoms with Crippen LogP contribution in [0.3, 0.4) is 0 Å². The molecule has 150 valence electrons. The van der Waals surface area contributed by atoms with Crippen molar-refractivity contribution in [1.82, 2.24) is 19.8 Å². The number of hydrogen-bond donors (Lipinski definition) is 1. The van der Waals surface area contributed by atoms with Gasteiger partial charge in [0.1, 0.15) is 5.82 Å². The molecule has 0 unspecified atom stereocenters. The van der Waals surface area contributed by atoms with Gasteiger partial charge in [-0.1, -0.05) is 18.2 Å². The quantitative estimate of drug-likeness (QED) is 0.801. The van der Waals surface area contributed by atoms with Crippen LogP contribution in [-0.2, 0) is 11.3 Å². The molecule has 1 saturated heterocycles. The predicted octanol–water partition coefficient (Wildman–Crippen LogP) is 2.95. The third kappa shape index (κ3) is 5.21. The summed E-state index contributed by atoms with van der Waals surface area (Å²) in [6, 6.07) is 7.76. The molecule has 1 aliphatic rings. The van der Waals surface area contributed by atoms with Crippen molar-refractivity contribution in [3.63, 3.8) is 0 Å². The number of piperidine rings is 1. The Morgan fingerprint density at radius 2 is 1.93 bits per heavy atom. The van der Waals surface area contributed by atoms with Crippen LogP contribution in [0.15, 0.2) is 36.7 Å². The van der Waals surface area contributed by atoms with Crippen LogP contribution in [0.5, 0.6) is 0 Å². The minimum absolute atomic E-state index is 0.108. The van der Waals surface area contributed by atoms with E-state index in [1.165, 1.54) is 0 Å². The molecule has 6 nitrogen and oxygen atoms in total. The largest absolute Gasteiger partial charge is 0.354 e. The van der Waals surface area contributed by atoms with Crippen molar-refractivity contribution in [2.24, 2.45) is 5.92 Å². The average molecular weight is 383 g/mol. The highest BCUT2D eigenvalue weighted by molar-refractivity contribution is 5.95. The summed E-state index contributed by atoms with van der Waals surface area (Å²) in [7, 11) is 0. The maximum Gasteiger partial charge on any atom is 0.254 e. The third-order valence-electron chi connectivity index (χ3n) is 5.66. The van der Waals surface area contributed by atoms with E-state index < -0.39 is 0 Å². The van der Waals surface area contributed by atoms with Crippen molar-refractivity contribution >= 4 is 11.8 Å². The number of carbonyl (C=O) groups excluding carboxylic acids is 2. The van der Waals surface area contributed by atoms with E-state index in [2.05, 4.69) is 10.3 Å². The second-order valence-electron chi connectivity index (χ2n) is 7.61. The summed E-state index contributed by atoms with van der Waals surface area (Å²) in [5.74, 6) is 1.71. The van der Waals surface area contributed by atoms with Crippen molar-refractivity contribution in [1.29, 1.82) is 0 Å². The van der Waals surface area contributed by atoms with Crippen molar-refractivity contribution < 1.29 is 9.59 Å². The van der Waals surface area contributed by atoms with Gasteiger partial charge in [-0.25, -0.2) is 4.98 Å². The smallest absolute Gasteiger partial charge is 0.254 e. The van der Waals surface area contributed by atoms with Gasteiger partial charge < -0.3 is 14.8 Å². The van der Waals surface area contributed by atoms with E-state index in [9.17, 15) is 9.59 Å². The van der Waals surface area contributed by atoms with Gasteiger partial charge in [0.15, 0.2) is 0 Å². The molecule has 0 aliphatic carbocycles. The molecule has 3 rings (SSSR count). The zero-order valence-corrected chi connectivity index (χ0v) is 16.9. The Hall–Kier alpha value is -2.63. The number of imidazole rings is 1. The summed E-state index contributed by atoms with van der Waals surface area (Å²) in [6.07, 6.45) is 7.08. The Morgan fingerprint density at radius 1 is 1.18 bits per heavy atom. The number of aryl methyl sites for hydroxylation is 2. The molecule has 0 saturated carbocycles. The van der Waals surface area contributed by atoms with E-state index >= 15 is 0 Å². The molecule has 6 heteroatoms. The fourth-order valence-electron chi connectivity index (χ4n) is 3.79. The van der Waals surface area contributed by atoms with E-state index in [-0.39, 0.29) is 11.8 Å². The zero-order chi connectivity index (χ0) is 19.9. The minimum atomic E-state index is 0.108. The molecular weight excluding hydrogens is 352 g/mol. The Kier molecular flexibility index (Phi) is 6.85. The number of aromatic nitrogens is 2. The van der Waals surface area contributed by atoms with Gasteiger partial charge in [0.2, 0.25) is 5.91 Å². The summed E-state index contributed by atoms with van der Waals surface area (Å²) in [5, 5.41) is 2.99. The maximum atomic E-state index is 12.7. The number of hydrogen-bond acceptors (Lipinski definition) is 3. The van der Waals surface area contributed by atoms with E-state index in [0.717, 1.165) is 55.8 Å². The fourth-order valence-corrected chi connectivity index (χ4v) is 3.79. The van der Waals surface area contributed by atoms with Crippen LogP contribution in [0.4, 0.5) is 0 Å². The minimum Gasteiger partial charge on any atom is -0.354 e. The highest BCUT2D eigenvalue weighted by Crippen LogP contribution is 2.23. The van der Waals surface area contributed by atoms with Gasteiger partial charge in [0.05, 0.1) is 0 Å². The van der Waals surface area contributed by atoms with Crippen molar-refractivity contribution in [2.45, 2.75) is 46.1 Å². The van der Waals surface area contributed by atoms with E-state index in [4.69, 9.17) is 0 Å². The van der Waals surface area contributed by atoms with Crippen LogP contribution in [0.1, 0.15) is 47.4 Å². The molecule has 0 radical (unpaired) electrons. The molecule has 0 bridgehead atoms. The van der Waals surface area contributed by atoms with Gasteiger partial charge in [0, 0.05) is 50.6 Å². The topological polar surface area (TPSA) is 67.2 Å². The van der Waals surface area contributed by atoms with Crippen LogP contribution in [0.2, 0.25) is 0 Å². The molecule has 1 N–H and O–H groups in total. The molecule has 1 aliphatic heterocycles. The number of carbonyl (C=O) groups is 2. The van der Waals surface area contributed by atoms with Crippen LogP contribution in [0.25, 0.3) is 0 Å². The predicted molar refractivity (Wildman–Crippen MR) is 109 cm³/mol. The number of nitrogens with zero attached hydrogens (tertiary/aromatic N) is 3. The summed E-state index contributed by atoms with van der Waals surface area (Å²) < 4.78 is 2.03. The van der Waals surface area contributed by atoms with Gasteiger partial charge in [-0.2, -0.15) is 0 Å². The van der Waals surface area contributed by atoms with E-state index in [1.807, 2.05) is 53.8 Å². The lowest BCUT2D eigenvalue weighted by Crippen LogP contribution is -2.39. The lowest BCUT2D eigenvalue weighted by atomic mass is 9.91. The number of likely N-dealkylation sites (tertiary alicyclic amines) is 1. The summed E-state index contributed by atoms with van der Waals surface area (Å²) in [4.78, 5) is 30.9. The molecule has 2 heterocycles. The first kappa shape index (κ1) is 20.1.